The molecule has 0 spiro atoms. The lowest BCUT2D eigenvalue weighted by Gasteiger charge is -2.25. The molecule has 2 aliphatic rings. The largest absolute Gasteiger partial charge is 0.488 e. The number of benzene rings is 1. The number of likely N-dealkylation sites (N-methyl/N-ethyl adjacent to an activating group) is 1. The molecule has 1 aliphatic heterocycles. The zero-order chi connectivity index (χ0) is 19.9. The van der Waals surface area contributed by atoms with E-state index in [9.17, 15) is 0 Å². The molecule has 0 aromatic heterocycles. The van der Waals surface area contributed by atoms with Gasteiger partial charge in [-0.2, -0.15) is 0 Å². The third-order valence-corrected chi connectivity index (χ3v) is 5.54. The van der Waals surface area contributed by atoms with Crippen LogP contribution in [0, 0.1) is 6.92 Å². The van der Waals surface area contributed by atoms with E-state index in [4.69, 9.17) is 14.5 Å². The van der Waals surface area contributed by atoms with Crippen molar-refractivity contribution in [3.63, 3.8) is 0 Å². The van der Waals surface area contributed by atoms with Crippen LogP contribution in [0.4, 0.5) is 0 Å². The van der Waals surface area contributed by atoms with E-state index in [0.29, 0.717) is 19.2 Å². The lowest BCUT2D eigenvalue weighted by atomic mass is 10.1. The summed E-state index contributed by atoms with van der Waals surface area (Å²) in [5.41, 5.74) is 2.31. The van der Waals surface area contributed by atoms with E-state index in [-0.39, 0.29) is 6.10 Å². The number of aliphatic imine (C=N–C) groups is 1. The fraction of sp³-hybridized carbons (Fsp3) is 0.682. The summed E-state index contributed by atoms with van der Waals surface area (Å²) in [5.74, 6) is 1.78. The predicted molar refractivity (Wildman–Crippen MR) is 114 cm³/mol. The van der Waals surface area contributed by atoms with Crippen LogP contribution in [0.3, 0.4) is 0 Å². The second-order valence-electron chi connectivity index (χ2n) is 8.04. The molecule has 1 aliphatic carbocycles. The van der Waals surface area contributed by atoms with Crippen molar-refractivity contribution < 1.29 is 9.47 Å². The summed E-state index contributed by atoms with van der Waals surface area (Å²) in [4.78, 5) is 7.27. The van der Waals surface area contributed by atoms with Gasteiger partial charge in [0.1, 0.15) is 11.9 Å². The summed E-state index contributed by atoms with van der Waals surface area (Å²) in [6.07, 6.45) is 3.76. The smallest absolute Gasteiger partial charge is 0.191 e. The van der Waals surface area contributed by atoms with Crippen LogP contribution in [-0.4, -0.2) is 62.4 Å². The maximum atomic E-state index is 6.20. The van der Waals surface area contributed by atoms with Crippen LogP contribution in [-0.2, 0) is 11.3 Å². The number of aryl methyl sites for hydroxylation is 1. The highest BCUT2D eigenvalue weighted by Gasteiger charge is 2.29. The van der Waals surface area contributed by atoms with E-state index in [1.165, 1.54) is 18.4 Å². The normalized spacial score (nSPS) is 21.0. The van der Waals surface area contributed by atoms with Crippen molar-refractivity contribution in [2.45, 2.75) is 64.8 Å². The van der Waals surface area contributed by atoms with Crippen molar-refractivity contribution >= 4 is 5.96 Å². The van der Waals surface area contributed by atoms with Gasteiger partial charge < -0.3 is 20.1 Å². The van der Waals surface area contributed by atoms with E-state index >= 15 is 0 Å². The van der Waals surface area contributed by atoms with Crippen molar-refractivity contribution in [1.29, 1.82) is 0 Å². The molecular formula is C22H36N4O2. The van der Waals surface area contributed by atoms with Crippen LogP contribution in [0.1, 0.15) is 44.2 Å². The number of hydrogen-bond donors (Lipinski definition) is 2. The number of rotatable bonds is 9. The van der Waals surface area contributed by atoms with E-state index in [2.05, 4.69) is 61.6 Å². The molecule has 6 nitrogen and oxygen atoms in total. The average molecular weight is 389 g/mol. The maximum Gasteiger partial charge on any atom is 0.191 e. The summed E-state index contributed by atoms with van der Waals surface area (Å²) < 4.78 is 11.6. The first-order valence-corrected chi connectivity index (χ1v) is 10.6. The monoisotopic (exact) mass is 388 g/mol. The molecule has 1 saturated heterocycles. The Labute approximate surface area is 169 Å². The van der Waals surface area contributed by atoms with Crippen LogP contribution in [0.15, 0.2) is 23.2 Å². The lowest BCUT2D eigenvalue weighted by molar-refractivity contribution is 0.140. The van der Waals surface area contributed by atoms with E-state index < -0.39 is 0 Å². The summed E-state index contributed by atoms with van der Waals surface area (Å²) >= 11 is 0. The van der Waals surface area contributed by atoms with Crippen molar-refractivity contribution in [1.82, 2.24) is 15.5 Å². The fourth-order valence-corrected chi connectivity index (χ4v) is 3.42. The molecule has 1 heterocycles. The molecule has 2 N–H and O–H groups in total. The molecule has 6 heteroatoms. The van der Waals surface area contributed by atoms with Crippen LogP contribution in [0.2, 0.25) is 0 Å². The zero-order valence-electron chi connectivity index (χ0n) is 17.8. The van der Waals surface area contributed by atoms with Gasteiger partial charge in [-0.25, -0.2) is 4.99 Å². The Morgan fingerprint density at radius 1 is 1.32 bits per heavy atom. The molecule has 1 saturated carbocycles. The minimum absolute atomic E-state index is 0.148. The Hall–Kier alpha value is -1.79. The van der Waals surface area contributed by atoms with Gasteiger partial charge in [-0.3, -0.25) is 4.90 Å². The quantitative estimate of drug-likeness (QED) is 0.503. The average Bonchev–Trinajstić information content (AvgIpc) is 3.41. The Kier molecular flexibility index (Phi) is 7.57. The van der Waals surface area contributed by atoms with Crippen LogP contribution >= 0.6 is 0 Å². The number of ether oxygens (including phenoxy) is 2. The van der Waals surface area contributed by atoms with Gasteiger partial charge in [-0.1, -0.05) is 12.1 Å². The highest BCUT2D eigenvalue weighted by atomic mass is 16.5. The van der Waals surface area contributed by atoms with Crippen LogP contribution in [0.5, 0.6) is 5.75 Å². The van der Waals surface area contributed by atoms with Crippen LogP contribution in [0.25, 0.3) is 0 Å². The second-order valence-corrected chi connectivity index (χ2v) is 8.04. The first-order chi connectivity index (χ1) is 13.6. The van der Waals surface area contributed by atoms with Gasteiger partial charge in [0.15, 0.2) is 5.96 Å². The zero-order valence-corrected chi connectivity index (χ0v) is 17.8. The number of nitrogens with one attached hydrogen (secondary N) is 2. The van der Waals surface area contributed by atoms with E-state index in [1.807, 2.05) is 0 Å². The molecule has 156 valence electrons. The minimum atomic E-state index is 0.148. The topological polar surface area (TPSA) is 58.1 Å². The van der Waals surface area contributed by atoms with Gasteiger partial charge >= 0.3 is 0 Å². The third kappa shape index (κ3) is 6.11. The molecule has 0 radical (unpaired) electrons. The van der Waals surface area contributed by atoms with Gasteiger partial charge in [0.05, 0.1) is 19.8 Å². The predicted octanol–water partition coefficient (Wildman–Crippen LogP) is 2.70. The summed E-state index contributed by atoms with van der Waals surface area (Å²) in [6.45, 7) is 10.2. The van der Waals surface area contributed by atoms with Crippen molar-refractivity contribution in [3.05, 3.63) is 29.3 Å². The molecule has 2 unspecified atom stereocenters. The summed E-state index contributed by atoms with van der Waals surface area (Å²) in [5, 5.41) is 6.85. The maximum absolute atomic E-state index is 6.20. The number of hydrogen-bond acceptors (Lipinski definition) is 4. The molecule has 2 fully saturated rings. The molecule has 3 rings (SSSR count). The van der Waals surface area contributed by atoms with Crippen LogP contribution < -0.4 is 15.4 Å². The van der Waals surface area contributed by atoms with E-state index in [1.54, 1.807) is 0 Å². The standard InChI is InChI=1S/C22H36N4O2/c1-5-23-22(24-13-17(3)26(4)19-8-9-19)25-14-18-7-6-16(2)12-21(18)28-20-10-11-27-15-20/h6-7,12,17,19-20H,5,8-11,13-15H2,1-4H3,(H2,23,24,25). The van der Waals surface area contributed by atoms with Gasteiger partial charge in [0.2, 0.25) is 0 Å². The molecular weight excluding hydrogens is 352 g/mol. The Morgan fingerprint density at radius 2 is 2.14 bits per heavy atom. The first-order valence-electron chi connectivity index (χ1n) is 10.6. The van der Waals surface area contributed by atoms with Gasteiger partial charge in [0, 0.05) is 37.2 Å². The SMILES string of the molecule is CCNC(=NCc1ccc(C)cc1OC1CCOC1)NCC(C)N(C)C1CC1. The first kappa shape index (κ1) is 20.9. The molecule has 0 amide bonds. The van der Waals surface area contributed by atoms with Crippen molar-refractivity contribution in [2.75, 3.05) is 33.4 Å². The molecule has 1 aromatic rings. The third-order valence-electron chi connectivity index (χ3n) is 5.54. The Bertz CT molecular complexity index is 654. The van der Waals surface area contributed by atoms with Crippen molar-refractivity contribution in [3.8, 4) is 5.75 Å². The fourth-order valence-electron chi connectivity index (χ4n) is 3.42. The van der Waals surface area contributed by atoms with Gasteiger partial charge in [0.25, 0.3) is 0 Å². The summed E-state index contributed by atoms with van der Waals surface area (Å²) in [6, 6.07) is 7.60. The highest BCUT2D eigenvalue weighted by Crippen LogP contribution is 2.27. The minimum Gasteiger partial charge on any atom is -0.488 e. The molecule has 28 heavy (non-hydrogen) atoms. The Morgan fingerprint density at radius 3 is 2.82 bits per heavy atom. The number of nitrogens with zero attached hydrogens (tertiary/aromatic N) is 2. The summed E-state index contributed by atoms with van der Waals surface area (Å²) in [7, 11) is 2.22. The second kappa shape index (κ2) is 10.1. The molecule has 2 atom stereocenters. The number of guanidine groups is 1. The van der Waals surface area contributed by atoms with Gasteiger partial charge in [-0.15, -0.1) is 0 Å². The molecule has 1 aromatic carbocycles. The molecule has 0 bridgehead atoms. The van der Waals surface area contributed by atoms with Gasteiger partial charge in [-0.05, 0) is 52.3 Å². The van der Waals surface area contributed by atoms with Crippen molar-refractivity contribution in [2.24, 2.45) is 4.99 Å². The highest BCUT2D eigenvalue weighted by molar-refractivity contribution is 5.79. The lowest BCUT2D eigenvalue weighted by Crippen LogP contribution is -2.45. The van der Waals surface area contributed by atoms with E-state index in [0.717, 1.165) is 49.4 Å². The Balaban J connectivity index is 1.61.